The van der Waals surface area contributed by atoms with Crippen LogP contribution in [0.3, 0.4) is 0 Å². The van der Waals surface area contributed by atoms with Crippen LogP contribution >= 0.6 is 8.25 Å². The first-order chi connectivity index (χ1) is 10.3. The Hall–Kier alpha value is -1.42. The third-order valence-corrected chi connectivity index (χ3v) is 3.73. The van der Waals surface area contributed by atoms with Crippen molar-refractivity contribution < 1.29 is 28.6 Å². The third-order valence-electron chi connectivity index (χ3n) is 3.31. The van der Waals surface area contributed by atoms with E-state index in [1.165, 1.54) is 20.2 Å². The van der Waals surface area contributed by atoms with E-state index in [-0.39, 0.29) is 0 Å². The number of ether oxygens (including phenoxy) is 2. The van der Waals surface area contributed by atoms with Crippen molar-refractivity contribution in [3.8, 4) is 0 Å². The van der Waals surface area contributed by atoms with E-state index in [9.17, 15) is 19.3 Å². The Morgan fingerprint density at radius 2 is 2.14 bits per heavy atom. The number of aliphatic hydroxyl groups excluding tert-OH is 1. The molecule has 4 unspecified atom stereocenters. The average molecular weight is 335 g/mol. The summed E-state index contributed by atoms with van der Waals surface area (Å²) in [4.78, 5) is 34.0. The molecule has 122 valence electrons. The van der Waals surface area contributed by atoms with Gasteiger partial charge in [-0.05, 0) is 6.92 Å². The van der Waals surface area contributed by atoms with Gasteiger partial charge in [0.05, 0.1) is 6.10 Å². The van der Waals surface area contributed by atoms with E-state index in [1.54, 1.807) is 0 Å². The van der Waals surface area contributed by atoms with Gasteiger partial charge in [-0.2, -0.15) is 0 Å². The molecule has 0 amide bonds. The number of rotatable bonds is 5. The molecule has 0 spiro atoms. The number of hydrogen-bond acceptors (Lipinski definition) is 7. The minimum atomic E-state index is -2.96. The number of aliphatic hydroxyl groups is 1. The maximum Gasteiger partial charge on any atom is 0.695 e. The van der Waals surface area contributed by atoms with Crippen LogP contribution in [0.2, 0.25) is 0 Å². The summed E-state index contributed by atoms with van der Waals surface area (Å²) in [6.45, 7) is 1.41. The van der Waals surface area contributed by atoms with Gasteiger partial charge in [-0.15, -0.1) is 9.42 Å². The topological polar surface area (TPSA) is 140 Å². The normalized spacial score (nSPS) is 30.3. The maximum atomic E-state index is 11.9. The van der Waals surface area contributed by atoms with Crippen LogP contribution in [-0.4, -0.2) is 51.1 Å². The van der Waals surface area contributed by atoms with E-state index in [2.05, 4.69) is 4.98 Å². The second kappa shape index (κ2) is 6.78. The predicted molar refractivity (Wildman–Crippen MR) is 72.4 cm³/mol. The zero-order valence-electron chi connectivity index (χ0n) is 11.8. The summed E-state index contributed by atoms with van der Waals surface area (Å²) in [5, 5.41) is 9.74. The van der Waals surface area contributed by atoms with Crippen molar-refractivity contribution in [1.29, 1.82) is 0 Å². The Balaban J connectivity index is 2.41. The van der Waals surface area contributed by atoms with Crippen molar-refractivity contribution in [2.75, 3.05) is 7.11 Å². The summed E-state index contributed by atoms with van der Waals surface area (Å²) in [6.07, 6.45) is -3.86. The van der Waals surface area contributed by atoms with E-state index in [1.807, 2.05) is 0 Å². The smallest absolute Gasteiger partial charge is 0.391 e. The molecule has 1 fully saturated rings. The van der Waals surface area contributed by atoms with Crippen LogP contribution in [0.25, 0.3) is 0 Å². The fourth-order valence-corrected chi connectivity index (χ4v) is 2.83. The SMILES string of the molecule is COC1C(O[P+](=O)O)[C@@H](C(C)O)O[C@H]1n1ccc(=O)[nH]c1=O. The van der Waals surface area contributed by atoms with E-state index in [0.29, 0.717) is 0 Å². The molecule has 1 aromatic rings. The first kappa shape index (κ1) is 16.9. The first-order valence-electron chi connectivity index (χ1n) is 6.36. The summed E-state index contributed by atoms with van der Waals surface area (Å²) >= 11 is 0. The van der Waals surface area contributed by atoms with Gasteiger partial charge in [0.1, 0.15) is 12.2 Å². The second-order valence-corrected chi connectivity index (χ2v) is 5.44. The van der Waals surface area contributed by atoms with E-state index in [0.717, 1.165) is 10.6 Å². The quantitative estimate of drug-likeness (QED) is 0.574. The molecule has 0 aromatic carbocycles. The van der Waals surface area contributed by atoms with Crippen LogP contribution in [-0.2, 0) is 18.6 Å². The van der Waals surface area contributed by atoms with Gasteiger partial charge in [-0.3, -0.25) is 14.3 Å². The molecule has 0 saturated carbocycles. The van der Waals surface area contributed by atoms with Crippen LogP contribution in [0.4, 0.5) is 0 Å². The molecule has 22 heavy (non-hydrogen) atoms. The van der Waals surface area contributed by atoms with E-state index < -0.39 is 50.1 Å². The lowest BCUT2D eigenvalue weighted by molar-refractivity contribution is -0.0817. The highest BCUT2D eigenvalue weighted by Gasteiger charge is 2.52. The number of aromatic nitrogens is 2. The number of hydrogen-bond donors (Lipinski definition) is 3. The molecule has 10 nitrogen and oxygen atoms in total. The molecule has 0 bridgehead atoms. The lowest BCUT2D eigenvalue weighted by Crippen LogP contribution is -2.40. The lowest BCUT2D eigenvalue weighted by atomic mass is 10.1. The standard InChI is InChI=1S/C11H15N2O8P/c1-5(14)7-8(21-22(17)18)9(19-2)10(20-7)13-4-3-6(15)12-11(13)16/h3-5,7-10,14H,1-2H3,(H-,12,15,16,17,18)/p+1/t5?,7-,8?,9?,10-/m1/s1. The summed E-state index contributed by atoms with van der Waals surface area (Å²) in [5.74, 6) is 0. The highest BCUT2D eigenvalue weighted by molar-refractivity contribution is 7.32. The van der Waals surface area contributed by atoms with Crippen LogP contribution in [0.15, 0.2) is 21.9 Å². The van der Waals surface area contributed by atoms with Crippen LogP contribution in [0, 0.1) is 0 Å². The van der Waals surface area contributed by atoms with Crippen molar-refractivity contribution in [1.82, 2.24) is 9.55 Å². The summed E-state index contributed by atoms with van der Waals surface area (Å²) < 4.78 is 27.6. The molecule has 2 heterocycles. The van der Waals surface area contributed by atoms with Crippen LogP contribution in [0.1, 0.15) is 13.2 Å². The number of aromatic amines is 1. The minimum absolute atomic E-state index is 0.577. The van der Waals surface area contributed by atoms with Crippen molar-refractivity contribution in [3.05, 3.63) is 33.1 Å². The molecule has 3 N–H and O–H groups in total. The van der Waals surface area contributed by atoms with Gasteiger partial charge in [-0.25, -0.2) is 4.79 Å². The fraction of sp³-hybridized carbons (Fsp3) is 0.636. The Labute approximate surface area is 125 Å². The number of nitrogens with zero attached hydrogens (tertiary/aromatic N) is 1. The third kappa shape index (κ3) is 3.32. The molecule has 2 rings (SSSR count). The van der Waals surface area contributed by atoms with Gasteiger partial charge in [-0.1, -0.05) is 0 Å². The Kier molecular flexibility index (Phi) is 5.22. The highest BCUT2D eigenvalue weighted by atomic mass is 31.1. The maximum absolute atomic E-state index is 11.9. The fourth-order valence-electron chi connectivity index (χ4n) is 2.38. The Morgan fingerprint density at radius 1 is 1.45 bits per heavy atom. The van der Waals surface area contributed by atoms with Crippen LogP contribution < -0.4 is 11.2 Å². The number of H-pyrrole nitrogens is 1. The van der Waals surface area contributed by atoms with Gasteiger partial charge in [0.25, 0.3) is 5.56 Å². The molecule has 1 aromatic heterocycles. The molecule has 11 heteroatoms. The molecule has 0 aliphatic carbocycles. The Morgan fingerprint density at radius 3 is 2.64 bits per heavy atom. The van der Waals surface area contributed by atoms with E-state index in [4.69, 9.17) is 18.9 Å². The molecule has 6 atom stereocenters. The van der Waals surface area contributed by atoms with E-state index >= 15 is 0 Å². The second-order valence-electron chi connectivity index (χ2n) is 4.76. The Bertz CT molecular complexity index is 656. The van der Waals surface area contributed by atoms with Gasteiger partial charge in [0.15, 0.2) is 12.3 Å². The predicted octanol–water partition coefficient (Wildman–Crippen LogP) is -1.14. The average Bonchev–Trinajstić information content (AvgIpc) is 2.76. The zero-order chi connectivity index (χ0) is 16.4. The molecular formula is C11H16N2O8P+. The first-order valence-corrected chi connectivity index (χ1v) is 7.49. The summed E-state index contributed by atoms with van der Waals surface area (Å²) in [5.41, 5.74) is -1.32. The van der Waals surface area contributed by atoms with Crippen molar-refractivity contribution in [2.24, 2.45) is 0 Å². The van der Waals surface area contributed by atoms with Gasteiger partial charge < -0.3 is 14.6 Å². The largest absolute Gasteiger partial charge is 0.695 e. The zero-order valence-corrected chi connectivity index (χ0v) is 12.7. The van der Waals surface area contributed by atoms with Gasteiger partial charge in [0.2, 0.25) is 0 Å². The molecule has 0 radical (unpaired) electrons. The minimum Gasteiger partial charge on any atom is -0.391 e. The molecule has 1 aliphatic heterocycles. The van der Waals surface area contributed by atoms with Crippen molar-refractivity contribution >= 4 is 8.25 Å². The summed E-state index contributed by atoms with van der Waals surface area (Å²) in [6, 6.07) is 1.12. The number of nitrogens with one attached hydrogen (secondary N) is 1. The number of methoxy groups -OCH3 is 1. The summed E-state index contributed by atoms with van der Waals surface area (Å²) in [7, 11) is -1.65. The molecule has 1 saturated heterocycles. The molecular weight excluding hydrogens is 319 g/mol. The highest BCUT2D eigenvalue weighted by Crippen LogP contribution is 2.37. The monoisotopic (exact) mass is 335 g/mol. The van der Waals surface area contributed by atoms with Crippen molar-refractivity contribution in [2.45, 2.75) is 37.6 Å². The lowest BCUT2D eigenvalue weighted by Gasteiger charge is -2.19. The molecule has 1 aliphatic rings. The van der Waals surface area contributed by atoms with Gasteiger partial charge in [0, 0.05) is 23.9 Å². The van der Waals surface area contributed by atoms with Crippen LogP contribution in [0.5, 0.6) is 0 Å². The van der Waals surface area contributed by atoms with Gasteiger partial charge >= 0.3 is 13.9 Å². The van der Waals surface area contributed by atoms with Crippen molar-refractivity contribution in [3.63, 3.8) is 0 Å².